The summed E-state index contributed by atoms with van der Waals surface area (Å²) in [7, 11) is 0. The van der Waals surface area contributed by atoms with Crippen LogP contribution in [-0.2, 0) is 9.53 Å². The van der Waals surface area contributed by atoms with Crippen molar-refractivity contribution in [2.24, 2.45) is 5.92 Å². The van der Waals surface area contributed by atoms with Crippen molar-refractivity contribution in [3.63, 3.8) is 0 Å². The van der Waals surface area contributed by atoms with Crippen LogP contribution in [-0.4, -0.2) is 41.1 Å². The third-order valence-electron chi connectivity index (χ3n) is 5.49. The molecule has 0 spiro atoms. The van der Waals surface area contributed by atoms with E-state index in [9.17, 15) is 14.8 Å². The van der Waals surface area contributed by atoms with Gasteiger partial charge in [-0.15, -0.1) is 0 Å². The minimum absolute atomic E-state index is 0.0194. The number of ether oxygens (including phenoxy) is 1. The minimum atomic E-state index is -1.07. The lowest BCUT2D eigenvalue weighted by atomic mass is 9.97. The number of carbonyl (C=O) groups is 2. The molecule has 7 heteroatoms. The molecule has 4 unspecified atom stereocenters. The number of likely N-dealkylation sites (N-methyl/N-ethyl adjacent to an activating group) is 1. The number of nitrogens with zero attached hydrogens (tertiary/aromatic N) is 2. The van der Waals surface area contributed by atoms with Crippen molar-refractivity contribution in [3.05, 3.63) is 33.9 Å². The molecule has 6 nitrogen and oxygen atoms in total. The van der Waals surface area contributed by atoms with Gasteiger partial charge in [-0.05, 0) is 65.0 Å². The summed E-state index contributed by atoms with van der Waals surface area (Å²) in [6.45, 7) is 7.20. The predicted octanol–water partition coefficient (Wildman–Crippen LogP) is 4.59. The second-order valence-electron chi connectivity index (χ2n) is 8.43. The predicted molar refractivity (Wildman–Crippen MR) is 108 cm³/mol. The fraction of sp³-hybridized carbons (Fsp3) is 0.600. The molecule has 2 amide bonds. The maximum absolute atomic E-state index is 13.6. The molecule has 0 radical (unpaired) electrons. The smallest absolute Gasteiger partial charge is 0.411 e. The molecule has 1 aliphatic carbocycles. The molecule has 1 heterocycles. The standard InChI is InChI=1S/C20H27BrN2O4/c1-5-23(26,16-10-7-14(21)8-11-16)18(24)17-13-6-9-15(12-13)22(17)19(25)27-20(2,3)4/h7-8,10-11,13,15,17H,5-6,9,12H2,1-4H3. The van der Waals surface area contributed by atoms with Crippen LogP contribution < -0.4 is 4.65 Å². The number of piperidine rings is 1. The molecule has 148 valence electrons. The summed E-state index contributed by atoms with van der Waals surface area (Å²) >= 11 is 3.36. The van der Waals surface area contributed by atoms with Crippen LogP contribution in [0.4, 0.5) is 10.5 Å². The van der Waals surface area contributed by atoms with Gasteiger partial charge in [-0.1, -0.05) is 15.9 Å². The second kappa shape index (κ2) is 7.18. The van der Waals surface area contributed by atoms with Gasteiger partial charge < -0.3 is 9.94 Å². The van der Waals surface area contributed by atoms with Gasteiger partial charge in [0.2, 0.25) is 0 Å². The zero-order valence-corrected chi connectivity index (χ0v) is 17.9. The Bertz CT molecular complexity index is 730. The summed E-state index contributed by atoms with van der Waals surface area (Å²) in [5, 5.41) is 13.6. The summed E-state index contributed by atoms with van der Waals surface area (Å²) in [5.41, 5.74) is -0.260. The van der Waals surface area contributed by atoms with Crippen molar-refractivity contribution in [2.75, 3.05) is 6.54 Å². The first-order valence-corrected chi connectivity index (χ1v) is 10.3. The number of hydrogen-bond donors (Lipinski definition) is 0. The quantitative estimate of drug-likeness (QED) is 0.510. The Balaban J connectivity index is 1.92. The Morgan fingerprint density at radius 1 is 1.26 bits per heavy atom. The lowest BCUT2D eigenvalue weighted by molar-refractivity contribution is -0.135. The molecule has 2 fully saturated rings. The maximum atomic E-state index is 13.6. The van der Waals surface area contributed by atoms with Gasteiger partial charge in [0, 0.05) is 22.6 Å². The number of halogens is 1. The first-order valence-electron chi connectivity index (χ1n) is 9.47. The van der Waals surface area contributed by atoms with E-state index in [1.807, 2.05) is 0 Å². The second-order valence-corrected chi connectivity index (χ2v) is 9.35. The number of hydrogen-bond acceptors (Lipinski definition) is 4. The third-order valence-corrected chi connectivity index (χ3v) is 6.02. The highest BCUT2D eigenvalue weighted by molar-refractivity contribution is 9.10. The minimum Gasteiger partial charge on any atom is -0.620 e. The zero-order valence-electron chi connectivity index (χ0n) is 16.3. The van der Waals surface area contributed by atoms with Gasteiger partial charge in [0.25, 0.3) is 0 Å². The van der Waals surface area contributed by atoms with Crippen LogP contribution in [0.3, 0.4) is 0 Å². The molecule has 1 aromatic carbocycles. The summed E-state index contributed by atoms with van der Waals surface area (Å²) in [5.74, 6) is -0.443. The van der Waals surface area contributed by atoms with Crippen molar-refractivity contribution in [1.82, 2.24) is 9.55 Å². The van der Waals surface area contributed by atoms with E-state index in [-0.39, 0.29) is 18.5 Å². The molecule has 1 aromatic rings. The summed E-state index contributed by atoms with van der Waals surface area (Å²) < 4.78 is 5.32. The Labute approximate surface area is 168 Å². The van der Waals surface area contributed by atoms with Crippen LogP contribution in [0.25, 0.3) is 0 Å². The molecule has 3 rings (SSSR count). The van der Waals surface area contributed by atoms with Crippen LogP contribution in [0, 0.1) is 11.1 Å². The van der Waals surface area contributed by atoms with E-state index in [4.69, 9.17) is 4.74 Å². The molecule has 0 aromatic heterocycles. The molecule has 2 aliphatic rings. The molecule has 27 heavy (non-hydrogen) atoms. The monoisotopic (exact) mass is 438 g/mol. The maximum Gasteiger partial charge on any atom is 0.411 e. The van der Waals surface area contributed by atoms with Crippen molar-refractivity contribution in [1.29, 1.82) is 0 Å². The lowest BCUT2D eigenvalue weighted by Gasteiger charge is -2.44. The van der Waals surface area contributed by atoms with Gasteiger partial charge in [0.15, 0.2) is 6.04 Å². The molecule has 1 aliphatic heterocycles. The number of quaternary nitrogens is 1. The van der Waals surface area contributed by atoms with E-state index in [1.54, 1.807) is 56.9 Å². The van der Waals surface area contributed by atoms with Gasteiger partial charge in [0.05, 0.1) is 6.54 Å². The normalized spacial score (nSPS) is 26.7. The largest absolute Gasteiger partial charge is 0.620 e. The molecule has 1 saturated carbocycles. The van der Waals surface area contributed by atoms with E-state index in [0.29, 0.717) is 5.69 Å². The van der Waals surface area contributed by atoms with E-state index in [1.165, 1.54) is 0 Å². The van der Waals surface area contributed by atoms with E-state index < -0.39 is 28.3 Å². The van der Waals surface area contributed by atoms with Crippen molar-refractivity contribution in [3.8, 4) is 0 Å². The van der Waals surface area contributed by atoms with E-state index in [2.05, 4.69) is 15.9 Å². The van der Waals surface area contributed by atoms with Gasteiger partial charge in [0.1, 0.15) is 11.3 Å². The van der Waals surface area contributed by atoms with Crippen molar-refractivity contribution >= 4 is 33.6 Å². The summed E-state index contributed by atoms with van der Waals surface area (Å²) in [6.07, 6.45) is 1.99. The number of rotatable bonds is 3. The van der Waals surface area contributed by atoms with Crippen LogP contribution >= 0.6 is 15.9 Å². The van der Waals surface area contributed by atoms with Crippen LogP contribution in [0.2, 0.25) is 0 Å². The Kier molecular flexibility index (Phi) is 5.40. The fourth-order valence-electron chi connectivity index (χ4n) is 4.24. The van der Waals surface area contributed by atoms with Crippen molar-refractivity contribution in [2.45, 2.75) is 64.6 Å². The number of hydroxylamine groups is 2. The molecule has 0 N–H and O–H groups in total. The van der Waals surface area contributed by atoms with Crippen LogP contribution in [0.1, 0.15) is 47.0 Å². The summed E-state index contributed by atoms with van der Waals surface area (Å²) in [4.78, 5) is 27.8. The highest BCUT2D eigenvalue weighted by Gasteiger charge is 2.56. The number of benzene rings is 1. The number of amides is 2. The summed E-state index contributed by atoms with van der Waals surface area (Å²) in [6, 6.07) is 6.12. The topological polar surface area (TPSA) is 69.7 Å². The number of carbonyl (C=O) groups excluding carboxylic acids is 2. The highest BCUT2D eigenvalue weighted by atomic mass is 79.9. The average molecular weight is 439 g/mol. The first-order chi connectivity index (χ1) is 12.6. The number of fused-ring (bicyclic) bond motifs is 2. The first kappa shape index (κ1) is 20.3. The van der Waals surface area contributed by atoms with Gasteiger partial charge in [-0.25, -0.2) is 9.59 Å². The van der Waals surface area contributed by atoms with Crippen LogP contribution in [0.5, 0.6) is 0 Å². The lowest BCUT2D eigenvalue weighted by Crippen LogP contribution is -2.61. The zero-order chi connectivity index (χ0) is 20.0. The Morgan fingerprint density at radius 2 is 1.89 bits per heavy atom. The molecule has 2 bridgehead atoms. The molecular formula is C20H27BrN2O4. The Morgan fingerprint density at radius 3 is 2.44 bits per heavy atom. The highest BCUT2D eigenvalue weighted by Crippen LogP contribution is 2.45. The Hall–Kier alpha value is -1.44. The van der Waals surface area contributed by atoms with Gasteiger partial charge in [-0.3, -0.25) is 9.55 Å². The van der Waals surface area contributed by atoms with E-state index >= 15 is 0 Å². The molecule has 4 atom stereocenters. The van der Waals surface area contributed by atoms with E-state index in [0.717, 1.165) is 23.7 Å². The van der Waals surface area contributed by atoms with Gasteiger partial charge >= 0.3 is 12.0 Å². The SMILES string of the molecule is CC[N+]([O-])(C(=O)C1C2CCC(C2)N1C(=O)OC(C)(C)C)c1ccc(Br)cc1. The number of likely N-dealkylation sites (tertiary alicyclic amines) is 1. The molecular weight excluding hydrogens is 412 g/mol. The van der Waals surface area contributed by atoms with Crippen molar-refractivity contribution < 1.29 is 14.3 Å². The average Bonchev–Trinajstić information content (AvgIpc) is 3.20. The molecule has 1 saturated heterocycles. The third kappa shape index (κ3) is 3.77. The van der Waals surface area contributed by atoms with Crippen LogP contribution in [0.15, 0.2) is 28.7 Å². The van der Waals surface area contributed by atoms with Gasteiger partial charge in [-0.2, -0.15) is 0 Å². The fourth-order valence-corrected chi connectivity index (χ4v) is 4.51.